The minimum Gasteiger partial charge on any atom is -0.324 e. The van der Waals surface area contributed by atoms with Crippen molar-refractivity contribution in [3.63, 3.8) is 0 Å². The Hall–Kier alpha value is -3.21. The van der Waals surface area contributed by atoms with E-state index in [9.17, 15) is 36.0 Å². The lowest BCUT2D eigenvalue weighted by Crippen LogP contribution is -2.42. The molecule has 1 aliphatic carbocycles. The molecule has 2 aromatic carbocycles. The van der Waals surface area contributed by atoms with Gasteiger partial charge in [-0.15, -0.1) is 0 Å². The first-order valence-electron chi connectivity index (χ1n) is 10.6. The Morgan fingerprint density at radius 2 is 1.65 bits per heavy atom. The van der Waals surface area contributed by atoms with Crippen molar-refractivity contribution >= 4 is 33.2 Å². The van der Waals surface area contributed by atoms with Crippen LogP contribution in [-0.2, 0) is 32.3 Å². The Morgan fingerprint density at radius 3 is 2.32 bits per heavy atom. The standard InChI is InChI=1S/C23H21F3N2O5S/c24-23(25,26)15-4-8-18(9-5-15)34(32,33)27-16-6-10-19-14(12-16)13-28(22(19)31)20-11-7-17(29)2-1-3-21(20)30/h4-6,8-10,12,20,27H,1-3,7,11,13H2. The van der Waals surface area contributed by atoms with Crippen LogP contribution in [0.2, 0.25) is 0 Å². The highest BCUT2D eigenvalue weighted by atomic mass is 32.2. The van der Waals surface area contributed by atoms with Gasteiger partial charge >= 0.3 is 6.18 Å². The molecule has 11 heteroatoms. The van der Waals surface area contributed by atoms with Gasteiger partial charge < -0.3 is 4.90 Å². The zero-order chi connectivity index (χ0) is 24.7. The van der Waals surface area contributed by atoms with E-state index in [1.165, 1.54) is 23.1 Å². The SMILES string of the molecule is O=C1CCCC(=O)C(N2Cc3cc(NS(=O)(=O)c4ccc(C(F)(F)F)cc4)ccc3C2=O)CC1. The molecule has 1 N–H and O–H groups in total. The van der Waals surface area contributed by atoms with Gasteiger partial charge in [0.05, 0.1) is 16.5 Å². The van der Waals surface area contributed by atoms with Gasteiger partial charge in [0.25, 0.3) is 15.9 Å². The lowest BCUT2D eigenvalue weighted by atomic mass is 9.94. The molecule has 1 unspecified atom stereocenters. The van der Waals surface area contributed by atoms with Crippen LogP contribution in [0, 0.1) is 0 Å². The summed E-state index contributed by atoms with van der Waals surface area (Å²) >= 11 is 0. The number of nitrogens with zero attached hydrogens (tertiary/aromatic N) is 1. The molecule has 7 nitrogen and oxygen atoms in total. The molecule has 1 saturated carbocycles. The number of anilines is 1. The Bertz CT molecular complexity index is 1260. The Balaban J connectivity index is 1.52. The fourth-order valence-electron chi connectivity index (χ4n) is 4.24. The number of alkyl halides is 3. The van der Waals surface area contributed by atoms with Crippen molar-refractivity contribution in [2.75, 3.05) is 4.72 Å². The van der Waals surface area contributed by atoms with Gasteiger partial charge in [0.2, 0.25) is 0 Å². The lowest BCUT2D eigenvalue weighted by molar-refractivity contribution is -0.137. The maximum Gasteiger partial charge on any atom is 0.416 e. The zero-order valence-corrected chi connectivity index (χ0v) is 18.7. The van der Waals surface area contributed by atoms with Crippen molar-refractivity contribution in [1.82, 2.24) is 4.90 Å². The van der Waals surface area contributed by atoms with E-state index in [0.29, 0.717) is 36.1 Å². The van der Waals surface area contributed by atoms with E-state index in [1.54, 1.807) is 0 Å². The zero-order valence-electron chi connectivity index (χ0n) is 17.9. The van der Waals surface area contributed by atoms with Crippen LogP contribution in [0.3, 0.4) is 0 Å². The van der Waals surface area contributed by atoms with Crippen LogP contribution in [0.4, 0.5) is 18.9 Å². The fraction of sp³-hybridized carbons (Fsp3) is 0.348. The summed E-state index contributed by atoms with van der Waals surface area (Å²) < 4.78 is 65.8. The third-order valence-electron chi connectivity index (χ3n) is 6.00. The molecule has 0 radical (unpaired) electrons. The number of fused-ring (bicyclic) bond motifs is 1. The first-order valence-corrected chi connectivity index (χ1v) is 12.1. The Morgan fingerprint density at radius 1 is 0.941 bits per heavy atom. The molecule has 180 valence electrons. The quantitative estimate of drug-likeness (QED) is 0.694. The highest BCUT2D eigenvalue weighted by Gasteiger charge is 2.37. The summed E-state index contributed by atoms with van der Waals surface area (Å²) in [5, 5.41) is 0. The molecule has 1 heterocycles. The van der Waals surface area contributed by atoms with Gasteiger partial charge in [-0.25, -0.2) is 8.42 Å². The largest absolute Gasteiger partial charge is 0.416 e. The molecule has 0 aromatic heterocycles. The van der Waals surface area contributed by atoms with E-state index in [1.807, 2.05) is 0 Å². The summed E-state index contributed by atoms with van der Waals surface area (Å²) in [7, 11) is -4.17. The number of halogens is 3. The topological polar surface area (TPSA) is 101 Å². The Labute approximate surface area is 194 Å². The third kappa shape index (κ3) is 4.84. The molecule has 0 saturated heterocycles. The lowest BCUT2D eigenvalue weighted by Gasteiger charge is -2.27. The van der Waals surface area contributed by atoms with E-state index >= 15 is 0 Å². The number of Topliss-reactive ketones (excluding diaryl/α,β-unsaturated/α-hetero) is 2. The van der Waals surface area contributed by atoms with Gasteiger partial charge in [-0.2, -0.15) is 13.2 Å². The van der Waals surface area contributed by atoms with Crippen molar-refractivity contribution in [1.29, 1.82) is 0 Å². The first-order chi connectivity index (χ1) is 16.0. The smallest absolute Gasteiger partial charge is 0.324 e. The monoisotopic (exact) mass is 494 g/mol. The van der Waals surface area contributed by atoms with E-state index in [2.05, 4.69) is 4.72 Å². The maximum absolute atomic E-state index is 12.9. The van der Waals surface area contributed by atoms with Gasteiger partial charge in [0, 0.05) is 37.1 Å². The van der Waals surface area contributed by atoms with Gasteiger partial charge in [0.1, 0.15) is 5.78 Å². The van der Waals surface area contributed by atoms with Crippen LogP contribution >= 0.6 is 0 Å². The number of hydrogen-bond donors (Lipinski definition) is 1. The summed E-state index contributed by atoms with van der Waals surface area (Å²) in [6.07, 6.45) is -3.08. The molecule has 0 bridgehead atoms. The predicted molar refractivity (Wildman–Crippen MR) is 115 cm³/mol. The van der Waals surface area contributed by atoms with Crippen LogP contribution in [-0.4, -0.2) is 36.8 Å². The molecular formula is C23H21F3N2O5S. The van der Waals surface area contributed by atoms with Crippen molar-refractivity contribution in [3.8, 4) is 0 Å². The average molecular weight is 494 g/mol. The van der Waals surface area contributed by atoms with Gasteiger partial charge in [0.15, 0.2) is 5.78 Å². The van der Waals surface area contributed by atoms with E-state index in [0.717, 1.165) is 12.1 Å². The van der Waals surface area contributed by atoms with Crippen LogP contribution in [0.1, 0.15) is 53.6 Å². The third-order valence-corrected chi connectivity index (χ3v) is 7.40. The van der Waals surface area contributed by atoms with Crippen molar-refractivity contribution < 1.29 is 36.0 Å². The highest BCUT2D eigenvalue weighted by molar-refractivity contribution is 7.92. The first kappa shape index (κ1) is 23.9. The van der Waals surface area contributed by atoms with Crippen LogP contribution in [0.5, 0.6) is 0 Å². The molecule has 1 atom stereocenters. The summed E-state index contributed by atoms with van der Waals surface area (Å²) in [5.74, 6) is -0.406. The number of nitrogens with one attached hydrogen (secondary N) is 1. The number of hydrogen-bond acceptors (Lipinski definition) is 5. The molecule has 1 amide bonds. The molecule has 0 spiro atoms. The Kier molecular flexibility index (Phi) is 6.24. The van der Waals surface area contributed by atoms with Crippen molar-refractivity contribution in [2.45, 2.75) is 55.8 Å². The normalized spacial score (nSPS) is 19.6. The van der Waals surface area contributed by atoms with Crippen molar-refractivity contribution in [3.05, 3.63) is 59.2 Å². The van der Waals surface area contributed by atoms with E-state index in [-0.39, 0.29) is 53.9 Å². The molecule has 2 aliphatic rings. The number of rotatable bonds is 4. The summed E-state index contributed by atoms with van der Waals surface area (Å²) in [4.78, 5) is 38.4. The number of ketones is 2. The fourth-order valence-corrected chi connectivity index (χ4v) is 5.28. The molecular weight excluding hydrogens is 473 g/mol. The minimum absolute atomic E-state index is 0.0571. The molecule has 2 aromatic rings. The van der Waals surface area contributed by atoms with Crippen LogP contribution < -0.4 is 4.72 Å². The molecule has 1 fully saturated rings. The van der Waals surface area contributed by atoms with E-state index in [4.69, 9.17) is 0 Å². The minimum atomic E-state index is -4.58. The highest BCUT2D eigenvalue weighted by Crippen LogP contribution is 2.32. The second-order valence-electron chi connectivity index (χ2n) is 8.35. The summed E-state index contributed by atoms with van der Waals surface area (Å²) in [6.45, 7) is 0.0919. The second kappa shape index (κ2) is 8.86. The average Bonchev–Trinajstić information content (AvgIpc) is 3.07. The van der Waals surface area contributed by atoms with Crippen LogP contribution in [0.15, 0.2) is 47.4 Å². The van der Waals surface area contributed by atoms with Crippen molar-refractivity contribution in [2.24, 2.45) is 0 Å². The maximum atomic E-state index is 12.9. The van der Waals surface area contributed by atoms with Gasteiger partial charge in [-0.05, 0) is 60.9 Å². The second-order valence-corrected chi connectivity index (χ2v) is 10.0. The molecule has 34 heavy (non-hydrogen) atoms. The van der Waals surface area contributed by atoms with Gasteiger partial charge in [-0.3, -0.25) is 19.1 Å². The van der Waals surface area contributed by atoms with Gasteiger partial charge in [-0.1, -0.05) is 0 Å². The number of carbonyl (C=O) groups excluding carboxylic acids is 3. The number of benzene rings is 2. The summed E-state index contributed by atoms with van der Waals surface area (Å²) in [5.41, 5.74) is 0.0120. The number of carbonyl (C=O) groups is 3. The van der Waals surface area contributed by atoms with E-state index < -0.39 is 27.8 Å². The predicted octanol–water partition coefficient (Wildman–Crippen LogP) is 3.93. The van der Waals surface area contributed by atoms with Crippen LogP contribution in [0.25, 0.3) is 0 Å². The number of amides is 1. The summed E-state index contributed by atoms with van der Waals surface area (Å²) in [6, 6.07) is 6.68. The molecule has 4 rings (SSSR count). The molecule has 1 aliphatic heterocycles. The number of sulfonamides is 1.